The number of hydrogen-bond donors (Lipinski definition) is 2. The molecule has 2 amide bonds. The SMILES string of the molecule is CN(C(=O)NS(C)(=O)=O)S(N)(=O)=O. The van der Waals surface area contributed by atoms with Crippen LogP contribution < -0.4 is 9.86 Å². The second-order valence-corrected chi connectivity index (χ2v) is 5.52. The predicted octanol–water partition coefficient (Wildman–Crippen LogP) is -2.21. The molecule has 0 aromatic heterocycles. The third-order valence-electron chi connectivity index (χ3n) is 0.940. The fraction of sp³-hybridized carbons (Fsp3) is 0.667. The first-order valence-electron chi connectivity index (χ1n) is 2.82. The van der Waals surface area contributed by atoms with Crippen LogP contribution in [0.15, 0.2) is 0 Å². The van der Waals surface area contributed by atoms with Crippen molar-refractivity contribution < 1.29 is 21.6 Å². The zero-order valence-corrected chi connectivity index (χ0v) is 8.52. The summed E-state index contributed by atoms with van der Waals surface area (Å²) in [7, 11) is -7.18. The second kappa shape index (κ2) is 3.47. The molecule has 0 unspecified atom stereocenters. The van der Waals surface area contributed by atoms with Gasteiger partial charge in [0.2, 0.25) is 10.0 Å². The lowest BCUT2D eigenvalue weighted by Gasteiger charge is -2.13. The largest absolute Gasteiger partial charge is 0.345 e. The van der Waals surface area contributed by atoms with Crippen LogP contribution in [-0.2, 0) is 20.2 Å². The Morgan fingerprint density at radius 1 is 1.31 bits per heavy atom. The molecule has 0 aliphatic carbocycles. The number of amides is 2. The van der Waals surface area contributed by atoms with Gasteiger partial charge >= 0.3 is 16.2 Å². The van der Waals surface area contributed by atoms with Gasteiger partial charge in [-0.05, 0) is 0 Å². The van der Waals surface area contributed by atoms with E-state index in [4.69, 9.17) is 0 Å². The summed E-state index contributed by atoms with van der Waals surface area (Å²) in [5, 5.41) is 4.54. The molecule has 0 atom stereocenters. The van der Waals surface area contributed by atoms with Crippen LogP contribution in [0.2, 0.25) is 0 Å². The highest BCUT2D eigenvalue weighted by atomic mass is 32.2. The van der Waals surface area contributed by atoms with Gasteiger partial charge in [0.1, 0.15) is 0 Å². The Morgan fingerprint density at radius 3 is 1.92 bits per heavy atom. The van der Waals surface area contributed by atoms with Gasteiger partial charge in [0.15, 0.2) is 0 Å². The number of carbonyl (C=O) groups excluding carboxylic acids is 1. The van der Waals surface area contributed by atoms with Crippen LogP contribution in [-0.4, -0.2) is 40.5 Å². The lowest BCUT2D eigenvalue weighted by atomic mass is 11.0. The molecule has 0 aliphatic rings. The van der Waals surface area contributed by atoms with Crippen LogP contribution in [0.3, 0.4) is 0 Å². The molecule has 13 heavy (non-hydrogen) atoms. The van der Waals surface area contributed by atoms with Crippen molar-refractivity contribution in [1.82, 2.24) is 9.03 Å². The van der Waals surface area contributed by atoms with Crippen molar-refractivity contribution in [3.05, 3.63) is 0 Å². The van der Waals surface area contributed by atoms with Crippen molar-refractivity contribution in [2.75, 3.05) is 13.3 Å². The summed E-state index contributed by atoms with van der Waals surface area (Å²) in [5.41, 5.74) is 0. The van der Waals surface area contributed by atoms with Gasteiger partial charge < -0.3 is 0 Å². The van der Waals surface area contributed by atoms with Gasteiger partial charge in [-0.1, -0.05) is 0 Å². The van der Waals surface area contributed by atoms with E-state index >= 15 is 0 Å². The molecule has 10 heteroatoms. The number of urea groups is 1. The first kappa shape index (κ1) is 12.1. The van der Waals surface area contributed by atoms with Crippen molar-refractivity contribution in [3.8, 4) is 0 Å². The summed E-state index contributed by atoms with van der Waals surface area (Å²) in [6, 6.07) is -1.33. The third kappa shape index (κ3) is 4.65. The van der Waals surface area contributed by atoms with Gasteiger partial charge in [-0.25, -0.2) is 27.4 Å². The molecule has 0 aliphatic heterocycles. The number of rotatable bonds is 2. The molecule has 0 aromatic rings. The summed E-state index contributed by atoms with van der Waals surface area (Å²) >= 11 is 0. The molecule has 0 fully saturated rings. The number of hydrogen-bond acceptors (Lipinski definition) is 5. The smallest absolute Gasteiger partial charge is 0.246 e. The molecule has 0 saturated carbocycles. The Hall–Kier alpha value is -0.870. The molecule has 0 rings (SSSR count). The van der Waals surface area contributed by atoms with Gasteiger partial charge in [0.05, 0.1) is 6.26 Å². The van der Waals surface area contributed by atoms with E-state index in [0.29, 0.717) is 6.26 Å². The maximum Gasteiger partial charge on any atom is 0.345 e. The number of nitrogens with two attached hydrogens (primary N) is 1. The van der Waals surface area contributed by atoms with Crippen LogP contribution >= 0.6 is 0 Å². The highest BCUT2D eigenvalue weighted by Gasteiger charge is 2.21. The highest BCUT2D eigenvalue weighted by molar-refractivity contribution is 7.90. The molecular formula is C3H9N3O5S2. The molecule has 0 bridgehead atoms. The lowest BCUT2D eigenvalue weighted by Crippen LogP contribution is -2.45. The average molecular weight is 231 g/mol. The van der Waals surface area contributed by atoms with E-state index in [1.807, 2.05) is 0 Å². The Kier molecular flexibility index (Phi) is 3.24. The van der Waals surface area contributed by atoms with Crippen LogP contribution in [0.25, 0.3) is 0 Å². The predicted molar refractivity (Wildman–Crippen MR) is 44.2 cm³/mol. The van der Waals surface area contributed by atoms with Crippen molar-refractivity contribution in [2.45, 2.75) is 0 Å². The summed E-state index contributed by atoms with van der Waals surface area (Å²) in [6.07, 6.45) is 0.710. The monoisotopic (exact) mass is 231 g/mol. The maximum atomic E-state index is 10.8. The summed E-state index contributed by atoms with van der Waals surface area (Å²) in [5.74, 6) is 0. The summed E-state index contributed by atoms with van der Waals surface area (Å²) in [6.45, 7) is 0. The van der Waals surface area contributed by atoms with E-state index in [1.54, 1.807) is 0 Å². The molecule has 0 radical (unpaired) electrons. The molecular weight excluding hydrogens is 222 g/mol. The molecule has 0 spiro atoms. The topological polar surface area (TPSA) is 127 Å². The highest BCUT2D eigenvalue weighted by Crippen LogP contribution is 1.90. The molecule has 78 valence electrons. The Bertz CT molecular complexity index is 395. The van der Waals surface area contributed by atoms with Gasteiger partial charge in [-0.15, -0.1) is 0 Å². The van der Waals surface area contributed by atoms with Crippen LogP contribution in [0.5, 0.6) is 0 Å². The Morgan fingerprint density at radius 2 is 1.69 bits per heavy atom. The van der Waals surface area contributed by atoms with Crippen LogP contribution in [0, 0.1) is 0 Å². The quantitative estimate of drug-likeness (QED) is 0.557. The van der Waals surface area contributed by atoms with Gasteiger partial charge in [0.25, 0.3) is 0 Å². The second-order valence-electron chi connectivity index (χ2n) is 2.19. The van der Waals surface area contributed by atoms with E-state index in [1.165, 1.54) is 4.72 Å². The minimum absolute atomic E-state index is 0.0774. The number of sulfonamides is 1. The van der Waals surface area contributed by atoms with Crippen LogP contribution in [0.1, 0.15) is 0 Å². The standard InChI is InChI=1S/C3H9N3O5S2/c1-6(13(4,10)11)3(7)5-12(2,8)9/h1-2H3,(H,5,7)(H2,4,10,11). The Balaban J connectivity index is 4.67. The minimum Gasteiger partial charge on any atom is -0.246 e. The number of nitrogens with one attached hydrogen (secondary N) is 1. The van der Waals surface area contributed by atoms with Crippen molar-refractivity contribution in [2.24, 2.45) is 5.14 Å². The number of carbonyl (C=O) groups is 1. The average Bonchev–Trinajstić information content (AvgIpc) is 1.79. The summed E-state index contributed by atoms with van der Waals surface area (Å²) in [4.78, 5) is 10.8. The lowest BCUT2D eigenvalue weighted by molar-refractivity contribution is 0.234. The molecule has 0 saturated heterocycles. The molecule has 0 heterocycles. The number of nitrogens with zero attached hydrogens (tertiary/aromatic N) is 1. The van der Waals surface area contributed by atoms with E-state index in [2.05, 4.69) is 5.14 Å². The molecule has 8 nitrogen and oxygen atoms in total. The van der Waals surface area contributed by atoms with Crippen molar-refractivity contribution >= 4 is 26.3 Å². The van der Waals surface area contributed by atoms with Crippen molar-refractivity contribution in [1.29, 1.82) is 0 Å². The third-order valence-corrected chi connectivity index (χ3v) is 2.42. The van der Waals surface area contributed by atoms with E-state index in [9.17, 15) is 21.6 Å². The zero-order chi connectivity index (χ0) is 10.9. The van der Waals surface area contributed by atoms with E-state index in [0.717, 1.165) is 7.05 Å². The molecule has 3 N–H and O–H groups in total. The van der Waals surface area contributed by atoms with Crippen molar-refractivity contribution in [3.63, 3.8) is 0 Å². The first-order chi connectivity index (χ1) is 5.54. The van der Waals surface area contributed by atoms with Gasteiger partial charge in [-0.2, -0.15) is 8.42 Å². The van der Waals surface area contributed by atoms with E-state index < -0.39 is 26.3 Å². The van der Waals surface area contributed by atoms with Gasteiger partial charge in [-0.3, -0.25) is 0 Å². The maximum absolute atomic E-state index is 10.8. The fourth-order valence-corrected chi connectivity index (χ4v) is 1.13. The van der Waals surface area contributed by atoms with Gasteiger partial charge in [0, 0.05) is 7.05 Å². The van der Waals surface area contributed by atoms with E-state index in [-0.39, 0.29) is 4.31 Å². The fourth-order valence-electron chi connectivity index (χ4n) is 0.338. The minimum atomic E-state index is -4.22. The Labute approximate surface area is 75.9 Å². The first-order valence-corrected chi connectivity index (χ1v) is 6.22. The zero-order valence-electron chi connectivity index (χ0n) is 6.88. The summed E-state index contributed by atoms with van der Waals surface area (Å²) < 4.78 is 43.5. The molecule has 0 aromatic carbocycles. The normalized spacial score (nSPS) is 12.2. The van der Waals surface area contributed by atoms with Crippen LogP contribution in [0.4, 0.5) is 4.79 Å².